The summed E-state index contributed by atoms with van der Waals surface area (Å²) >= 11 is 0. The maximum atomic E-state index is 13.2. The molecule has 9 heteroatoms. The summed E-state index contributed by atoms with van der Waals surface area (Å²) in [4.78, 5) is 24.3. The number of carbonyl (C=O) groups excluding carboxylic acids is 2. The lowest BCUT2D eigenvalue weighted by Gasteiger charge is -2.26. The van der Waals surface area contributed by atoms with Crippen LogP contribution in [0.4, 0.5) is 18.9 Å². The van der Waals surface area contributed by atoms with E-state index in [4.69, 9.17) is 10.00 Å². The molecule has 0 aliphatic rings. The quantitative estimate of drug-likeness (QED) is 0.370. The average Bonchev–Trinajstić information content (AvgIpc) is 2.83. The lowest BCUT2D eigenvalue weighted by molar-refractivity contribution is -0.137. The van der Waals surface area contributed by atoms with Crippen molar-refractivity contribution in [2.75, 3.05) is 5.32 Å². The van der Waals surface area contributed by atoms with E-state index in [2.05, 4.69) is 10.6 Å². The molecule has 1 amide bonds. The van der Waals surface area contributed by atoms with Gasteiger partial charge in [0.2, 0.25) is 5.91 Å². The van der Waals surface area contributed by atoms with Crippen molar-refractivity contribution in [3.05, 3.63) is 89.0 Å². The SMILES string of the molecule is CC(=O)c1ccc(Oc2ccccc2CNC(C)(C)C(=O)Nc2ccc(C#N)c(C(F)(F)F)c2)cc1. The first-order chi connectivity index (χ1) is 16.9. The Kier molecular flexibility index (Phi) is 7.80. The number of halogens is 3. The Morgan fingerprint density at radius 1 is 1.00 bits per heavy atom. The van der Waals surface area contributed by atoms with Gasteiger partial charge in [0.1, 0.15) is 11.5 Å². The maximum Gasteiger partial charge on any atom is 0.417 e. The molecular formula is C27H24F3N3O3. The van der Waals surface area contributed by atoms with E-state index in [1.165, 1.54) is 19.1 Å². The standard InChI is InChI=1S/C27H24F3N3O3/c1-17(34)18-9-12-22(13-10-18)36-24-7-5-4-6-20(24)16-32-26(2,3)25(35)33-21-11-8-19(15-31)23(14-21)27(28,29)30/h4-14,32H,16H2,1-3H3,(H,33,35). The second-order valence-corrected chi connectivity index (χ2v) is 8.59. The second-order valence-electron chi connectivity index (χ2n) is 8.59. The van der Waals surface area contributed by atoms with E-state index in [9.17, 15) is 22.8 Å². The largest absolute Gasteiger partial charge is 0.457 e. The van der Waals surface area contributed by atoms with Gasteiger partial charge in [-0.25, -0.2) is 0 Å². The first-order valence-corrected chi connectivity index (χ1v) is 11.0. The lowest BCUT2D eigenvalue weighted by atomic mass is 10.0. The van der Waals surface area contributed by atoms with Crippen LogP contribution in [0.15, 0.2) is 66.7 Å². The summed E-state index contributed by atoms with van der Waals surface area (Å²) < 4.78 is 45.7. The van der Waals surface area contributed by atoms with E-state index in [1.54, 1.807) is 50.2 Å². The third-order valence-corrected chi connectivity index (χ3v) is 5.45. The van der Waals surface area contributed by atoms with E-state index in [-0.39, 0.29) is 18.0 Å². The fourth-order valence-corrected chi connectivity index (χ4v) is 3.27. The van der Waals surface area contributed by atoms with E-state index in [0.29, 0.717) is 17.1 Å². The van der Waals surface area contributed by atoms with Crippen molar-refractivity contribution >= 4 is 17.4 Å². The lowest BCUT2D eigenvalue weighted by Crippen LogP contribution is -2.49. The highest BCUT2D eigenvalue weighted by Crippen LogP contribution is 2.34. The molecule has 0 heterocycles. The molecule has 0 atom stereocenters. The van der Waals surface area contributed by atoms with Crippen molar-refractivity contribution < 1.29 is 27.5 Å². The average molecular weight is 496 g/mol. The zero-order chi connectivity index (χ0) is 26.5. The molecule has 0 radical (unpaired) electrons. The molecule has 3 aromatic carbocycles. The molecule has 0 aliphatic carbocycles. The first-order valence-electron chi connectivity index (χ1n) is 11.0. The predicted octanol–water partition coefficient (Wildman–Crippen LogP) is 6.08. The third-order valence-electron chi connectivity index (χ3n) is 5.45. The molecule has 2 N–H and O–H groups in total. The van der Waals surface area contributed by atoms with Gasteiger partial charge in [0.25, 0.3) is 0 Å². The van der Waals surface area contributed by atoms with Crippen molar-refractivity contribution in [2.24, 2.45) is 0 Å². The minimum atomic E-state index is -4.73. The summed E-state index contributed by atoms with van der Waals surface area (Å²) in [6.45, 7) is 4.90. The van der Waals surface area contributed by atoms with E-state index in [0.717, 1.165) is 17.7 Å². The minimum absolute atomic E-state index is 0.0534. The highest BCUT2D eigenvalue weighted by molar-refractivity contribution is 5.97. The Morgan fingerprint density at radius 3 is 2.28 bits per heavy atom. The van der Waals surface area contributed by atoms with Gasteiger partial charge >= 0.3 is 6.18 Å². The molecule has 186 valence electrons. The van der Waals surface area contributed by atoms with E-state index in [1.807, 2.05) is 12.1 Å². The highest BCUT2D eigenvalue weighted by Gasteiger charge is 2.34. The van der Waals surface area contributed by atoms with Crippen LogP contribution in [0.25, 0.3) is 0 Å². The Labute approximate surface area is 206 Å². The van der Waals surface area contributed by atoms with Crippen molar-refractivity contribution in [3.8, 4) is 17.6 Å². The number of hydrogen-bond acceptors (Lipinski definition) is 5. The summed E-state index contributed by atoms with van der Waals surface area (Å²) in [7, 11) is 0. The van der Waals surface area contributed by atoms with Gasteiger partial charge in [-0.05, 0) is 69.3 Å². The number of amides is 1. The van der Waals surface area contributed by atoms with Gasteiger partial charge in [-0.2, -0.15) is 18.4 Å². The Morgan fingerprint density at radius 2 is 1.67 bits per heavy atom. The monoisotopic (exact) mass is 495 g/mol. The number of Topliss-reactive ketones (excluding diaryl/α,β-unsaturated/α-hetero) is 1. The number of hydrogen-bond donors (Lipinski definition) is 2. The van der Waals surface area contributed by atoms with Crippen LogP contribution in [-0.4, -0.2) is 17.2 Å². The molecule has 0 unspecified atom stereocenters. The molecule has 0 saturated heterocycles. The van der Waals surface area contributed by atoms with Crippen molar-refractivity contribution in [1.82, 2.24) is 5.32 Å². The van der Waals surface area contributed by atoms with Crippen molar-refractivity contribution in [2.45, 2.75) is 39.0 Å². The summed E-state index contributed by atoms with van der Waals surface area (Å²) in [6.07, 6.45) is -4.73. The number of nitrogens with zero attached hydrogens (tertiary/aromatic N) is 1. The first kappa shape index (κ1) is 26.4. The Bertz CT molecular complexity index is 1310. The molecule has 0 aromatic heterocycles. The van der Waals surface area contributed by atoms with Gasteiger partial charge in [-0.3, -0.25) is 14.9 Å². The topological polar surface area (TPSA) is 91.2 Å². The molecule has 36 heavy (non-hydrogen) atoms. The van der Waals surface area contributed by atoms with Crippen LogP contribution in [-0.2, 0) is 17.5 Å². The number of para-hydroxylation sites is 1. The molecule has 0 bridgehead atoms. The second kappa shape index (κ2) is 10.6. The van der Waals surface area contributed by atoms with Crippen LogP contribution < -0.4 is 15.4 Å². The van der Waals surface area contributed by atoms with Crippen LogP contribution in [0.3, 0.4) is 0 Å². The van der Waals surface area contributed by atoms with Gasteiger partial charge in [0.05, 0.1) is 22.7 Å². The zero-order valence-corrected chi connectivity index (χ0v) is 19.9. The van der Waals surface area contributed by atoms with Crippen LogP contribution in [0, 0.1) is 11.3 Å². The molecule has 0 saturated carbocycles. The number of anilines is 1. The number of alkyl halides is 3. The van der Waals surface area contributed by atoms with Crippen LogP contribution in [0.2, 0.25) is 0 Å². The predicted molar refractivity (Wildman–Crippen MR) is 129 cm³/mol. The molecule has 0 spiro atoms. The fraction of sp³-hybridized carbons (Fsp3) is 0.222. The zero-order valence-electron chi connectivity index (χ0n) is 19.9. The Balaban J connectivity index is 1.70. The van der Waals surface area contributed by atoms with Crippen molar-refractivity contribution in [3.63, 3.8) is 0 Å². The Hall–Kier alpha value is -4.16. The summed E-state index contributed by atoms with van der Waals surface area (Å²) in [5.41, 5.74) is -1.57. The molecule has 3 rings (SSSR count). The number of benzene rings is 3. The number of ether oxygens (including phenoxy) is 1. The molecule has 0 aliphatic heterocycles. The normalized spacial score (nSPS) is 11.5. The number of ketones is 1. The summed E-state index contributed by atoms with van der Waals surface area (Å²) in [5, 5.41) is 14.5. The highest BCUT2D eigenvalue weighted by atomic mass is 19.4. The third kappa shape index (κ3) is 6.49. The number of nitrogens with one attached hydrogen (secondary N) is 2. The molecular weight excluding hydrogens is 471 g/mol. The molecule has 3 aromatic rings. The molecule has 0 fully saturated rings. The van der Waals surface area contributed by atoms with Gasteiger partial charge < -0.3 is 10.1 Å². The van der Waals surface area contributed by atoms with Gasteiger partial charge in [-0.1, -0.05) is 18.2 Å². The number of nitriles is 1. The minimum Gasteiger partial charge on any atom is -0.457 e. The fourth-order valence-electron chi connectivity index (χ4n) is 3.27. The van der Waals surface area contributed by atoms with Gasteiger partial charge in [0, 0.05) is 23.4 Å². The van der Waals surface area contributed by atoms with Crippen LogP contribution >= 0.6 is 0 Å². The summed E-state index contributed by atoms with van der Waals surface area (Å²) in [5.74, 6) is 0.463. The smallest absolute Gasteiger partial charge is 0.417 e. The number of rotatable bonds is 8. The van der Waals surface area contributed by atoms with E-state index < -0.39 is 28.7 Å². The summed E-state index contributed by atoms with van der Waals surface area (Å²) in [6, 6.07) is 18.4. The molecule has 6 nitrogen and oxygen atoms in total. The maximum absolute atomic E-state index is 13.2. The van der Waals surface area contributed by atoms with Gasteiger partial charge in [0.15, 0.2) is 5.78 Å². The van der Waals surface area contributed by atoms with Gasteiger partial charge in [-0.15, -0.1) is 0 Å². The van der Waals surface area contributed by atoms with Crippen LogP contribution in [0.5, 0.6) is 11.5 Å². The number of carbonyl (C=O) groups is 2. The van der Waals surface area contributed by atoms with E-state index >= 15 is 0 Å². The van der Waals surface area contributed by atoms with Crippen LogP contribution in [0.1, 0.15) is 47.8 Å². The van der Waals surface area contributed by atoms with Crippen molar-refractivity contribution in [1.29, 1.82) is 5.26 Å².